The van der Waals surface area contributed by atoms with E-state index in [-0.39, 0.29) is 24.1 Å². The van der Waals surface area contributed by atoms with Crippen LogP contribution < -0.4 is 5.73 Å². The van der Waals surface area contributed by atoms with E-state index in [1.165, 1.54) is 0 Å². The van der Waals surface area contributed by atoms with Crippen LogP contribution in [0.5, 0.6) is 0 Å². The lowest BCUT2D eigenvalue weighted by Gasteiger charge is -2.38. The molecule has 3 amide bonds. The number of carbonyl (C=O) groups is 3. The molecule has 7 nitrogen and oxygen atoms in total. The summed E-state index contributed by atoms with van der Waals surface area (Å²) in [5.41, 5.74) is 8.25. The van der Waals surface area contributed by atoms with Gasteiger partial charge in [-0.2, -0.15) is 0 Å². The van der Waals surface area contributed by atoms with Gasteiger partial charge in [-0.3, -0.25) is 14.4 Å². The van der Waals surface area contributed by atoms with E-state index >= 15 is 0 Å². The van der Waals surface area contributed by atoms with E-state index in [0.717, 1.165) is 36.0 Å². The van der Waals surface area contributed by atoms with Gasteiger partial charge in [-0.25, -0.2) is 0 Å². The monoisotopic (exact) mass is 578 g/mol. The van der Waals surface area contributed by atoms with Crippen molar-refractivity contribution in [2.45, 2.75) is 56.0 Å². The van der Waals surface area contributed by atoms with E-state index < -0.39 is 17.5 Å². The minimum Gasteiger partial charge on any atom is -0.341 e. The van der Waals surface area contributed by atoms with Crippen molar-refractivity contribution in [3.8, 4) is 0 Å². The number of nitrogens with zero attached hydrogens (tertiary/aromatic N) is 3. The van der Waals surface area contributed by atoms with E-state index in [9.17, 15) is 14.4 Å². The van der Waals surface area contributed by atoms with Crippen molar-refractivity contribution in [1.29, 1.82) is 0 Å². The maximum Gasteiger partial charge on any atom is 0.246 e. The Balaban J connectivity index is 1.29. The molecule has 0 aliphatic carbocycles. The lowest BCUT2D eigenvalue weighted by molar-refractivity contribution is -0.149. The molecule has 0 aromatic heterocycles. The predicted molar refractivity (Wildman–Crippen MR) is 167 cm³/mol. The summed E-state index contributed by atoms with van der Waals surface area (Å²) in [6.07, 6.45) is 3.99. The molecule has 0 bridgehead atoms. The summed E-state index contributed by atoms with van der Waals surface area (Å²) in [6.45, 7) is 3.05. The van der Waals surface area contributed by atoms with E-state index in [1.807, 2.05) is 59.5 Å². The van der Waals surface area contributed by atoms with E-state index in [4.69, 9.17) is 5.73 Å². The van der Waals surface area contributed by atoms with Crippen molar-refractivity contribution in [3.63, 3.8) is 0 Å². The molecule has 2 N–H and O–H groups in total. The highest BCUT2D eigenvalue weighted by molar-refractivity contribution is 5.93. The Bertz CT molecular complexity index is 1320. The zero-order valence-corrected chi connectivity index (χ0v) is 24.8. The van der Waals surface area contributed by atoms with Gasteiger partial charge >= 0.3 is 0 Å². The van der Waals surface area contributed by atoms with Crippen molar-refractivity contribution >= 4 is 17.7 Å². The summed E-state index contributed by atoms with van der Waals surface area (Å²) >= 11 is 0. The molecule has 6 rings (SSSR count). The number of nitrogens with two attached hydrogens (primary N) is 1. The fourth-order valence-corrected chi connectivity index (χ4v) is 7.54. The molecule has 0 radical (unpaired) electrons. The summed E-state index contributed by atoms with van der Waals surface area (Å²) in [6, 6.07) is 29.6. The van der Waals surface area contributed by atoms with E-state index in [1.54, 1.807) is 9.80 Å². The first-order valence-electron chi connectivity index (χ1n) is 15.8. The molecule has 3 saturated heterocycles. The average Bonchev–Trinajstić information content (AvgIpc) is 3.85. The zero-order valence-electron chi connectivity index (χ0n) is 24.8. The van der Waals surface area contributed by atoms with Gasteiger partial charge in [-0.1, -0.05) is 91.0 Å². The number of hydrogen-bond donors (Lipinski definition) is 1. The molecular weight excluding hydrogens is 536 g/mol. The van der Waals surface area contributed by atoms with Crippen molar-refractivity contribution < 1.29 is 14.4 Å². The SMILES string of the molecule is NCC1CCN(C(=O)[C@H]2CCCN2C(=O)[C@@H]2CCCN2C(=O)CC(c2ccccc2)(c2ccccc2)c2ccccc2)C1. The first-order valence-corrected chi connectivity index (χ1v) is 15.8. The maximum absolute atomic E-state index is 14.5. The van der Waals surface area contributed by atoms with Crippen LogP contribution in [0.25, 0.3) is 0 Å². The van der Waals surface area contributed by atoms with Crippen LogP contribution >= 0.6 is 0 Å². The van der Waals surface area contributed by atoms with Crippen LogP contribution in [-0.4, -0.2) is 77.2 Å². The van der Waals surface area contributed by atoms with Crippen LogP contribution in [0, 0.1) is 5.92 Å². The van der Waals surface area contributed by atoms with Gasteiger partial charge in [0.15, 0.2) is 0 Å². The Morgan fingerprint density at radius 1 is 0.651 bits per heavy atom. The molecule has 0 spiro atoms. The van der Waals surface area contributed by atoms with Crippen LogP contribution in [0.15, 0.2) is 91.0 Å². The molecule has 0 saturated carbocycles. The Labute approximate surface area is 254 Å². The second-order valence-electron chi connectivity index (χ2n) is 12.3. The fourth-order valence-electron chi connectivity index (χ4n) is 7.54. The molecule has 3 aliphatic rings. The lowest BCUT2D eigenvalue weighted by atomic mass is 9.67. The van der Waals surface area contributed by atoms with Gasteiger partial charge in [-0.15, -0.1) is 0 Å². The quantitative estimate of drug-likeness (QED) is 0.406. The highest BCUT2D eigenvalue weighted by atomic mass is 16.2. The van der Waals surface area contributed by atoms with Gasteiger partial charge in [0.05, 0.1) is 5.41 Å². The van der Waals surface area contributed by atoms with E-state index in [2.05, 4.69) is 36.4 Å². The third-order valence-corrected chi connectivity index (χ3v) is 9.83. The van der Waals surface area contributed by atoms with Crippen molar-refractivity contribution in [2.24, 2.45) is 11.7 Å². The standard InChI is InChI=1S/C36H42N4O3/c37-25-27-20-23-38(26-27)34(42)31-18-11-22-40(31)35(43)32-19-10-21-39(32)33(41)24-36(28-12-4-1-5-13-28,29-14-6-2-7-15-29)30-16-8-3-9-17-30/h1-9,12-17,27,31-32H,10-11,18-26,37H2/t27?,31-,32+/m1/s1. The predicted octanol–water partition coefficient (Wildman–Crippen LogP) is 4.20. The Morgan fingerprint density at radius 3 is 1.63 bits per heavy atom. The molecule has 43 heavy (non-hydrogen) atoms. The molecule has 3 aromatic carbocycles. The van der Waals surface area contributed by atoms with Crippen LogP contribution in [0.1, 0.15) is 55.2 Å². The number of benzene rings is 3. The normalized spacial score (nSPS) is 22.3. The minimum absolute atomic E-state index is 0.0360. The second-order valence-corrected chi connectivity index (χ2v) is 12.3. The van der Waals surface area contributed by atoms with Gasteiger partial charge in [0.2, 0.25) is 17.7 Å². The number of amides is 3. The molecule has 1 unspecified atom stereocenters. The van der Waals surface area contributed by atoms with Gasteiger partial charge in [0, 0.05) is 32.6 Å². The number of hydrogen-bond acceptors (Lipinski definition) is 4. The molecule has 224 valence electrons. The van der Waals surface area contributed by atoms with Crippen molar-refractivity contribution in [3.05, 3.63) is 108 Å². The minimum atomic E-state index is -0.724. The molecule has 3 atom stereocenters. The maximum atomic E-state index is 14.5. The van der Waals surface area contributed by atoms with E-state index in [0.29, 0.717) is 51.5 Å². The zero-order chi connectivity index (χ0) is 29.8. The van der Waals surface area contributed by atoms with Crippen LogP contribution in [0.4, 0.5) is 0 Å². The lowest BCUT2D eigenvalue weighted by Crippen LogP contribution is -2.53. The summed E-state index contributed by atoms with van der Waals surface area (Å²) in [7, 11) is 0. The first-order chi connectivity index (χ1) is 21.0. The topological polar surface area (TPSA) is 86.9 Å². The summed E-state index contributed by atoms with van der Waals surface area (Å²) in [5.74, 6) is 0.242. The molecule has 3 aromatic rings. The highest BCUT2D eigenvalue weighted by Crippen LogP contribution is 2.43. The van der Waals surface area contributed by atoms with Gasteiger partial charge < -0.3 is 20.4 Å². The molecule has 3 aliphatic heterocycles. The van der Waals surface area contributed by atoms with Gasteiger partial charge in [-0.05, 0) is 61.3 Å². The fraction of sp³-hybridized carbons (Fsp3) is 0.417. The summed E-state index contributed by atoms with van der Waals surface area (Å²) < 4.78 is 0. The Kier molecular flexibility index (Phi) is 8.61. The Hall–Kier alpha value is -3.97. The van der Waals surface area contributed by atoms with Crippen molar-refractivity contribution in [1.82, 2.24) is 14.7 Å². The summed E-state index contributed by atoms with van der Waals surface area (Å²) in [4.78, 5) is 47.6. The summed E-state index contributed by atoms with van der Waals surface area (Å²) in [5, 5.41) is 0. The van der Waals surface area contributed by atoms with Crippen LogP contribution in [0.2, 0.25) is 0 Å². The molecule has 7 heteroatoms. The van der Waals surface area contributed by atoms with Crippen LogP contribution in [0.3, 0.4) is 0 Å². The molecule has 3 heterocycles. The van der Waals surface area contributed by atoms with Gasteiger partial charge in [0.25, 0.3) is 0 Å². The van der Waals surface area contributed by atoms with Crippen LogP contribution in [-0.2, 0) is 19.8 Å². The largest absolute Gasteiger partial charge is 0.341 e. The molecular formula is C36H42N4O3. The highest BCUT2D eigenvalue weighted by Gasteiger charge is 2.46. The first kappa shape index (κ1) is 29.1. The third-order valence-electron chi connectivity index (χ3n) is 9.83. The Morgan fingerprint density at radius 2 is 1.14 bits per heavy atom. The second kappa shape index (κ2) is 12.7. The number of rotatable bonds is 8. The number of carbonyl (C=O) groups excluding carboxylic acids is 3. The van der Waals surface area contributed by atoms with Crippen molar-refractivity contribution in [2.75, 3.05) is 32.7 Å². The number of likely N-dealkylation sites (tertiary alicyclic amines) is 3. The van der Waals surface area contributed by atoms with Gasteiger partial charge in [0.1, 0.15) is 12.1 Å². The third kappa shape index (κ3) is 5.58. The smallest absolute Gasteiger partial charge is 0.246 e. The average molecular weight is 579 g/mol. The molecule has 3 fully saturated rings.